The Labute approximate surface area is 121 Å². The molecule has 1 aromatic heterocycles. The molecule has 1 heterocycles. The van der Waals surface area contributed by atoms with E-state index in [0.717, 1.165) is 22.2 Å². The van der Waals surface area contributed by atoms with Crippen LogP contribution in [0.2, 0.25) is 0 Å². The Bertz CT molecular complexity index is 555. The first-order chi connectivity index (χ1) is 9.10. The number of pyridine rings is 1. The highest BCUT2D eigenvalue weighted by Gasteiger charge is 2.13. The highest BCUT2D eigenvalue weighted by atomic mass is 79.9. The minimum Gasteiger partial charge on any atom is -0.398 e. The Morgan fingerprint density at radius 2 is 2.11 bits per heavy atom. The van der Waals surface area contributed by atoms with Gasteiger partial charge in [0, 0.05) is 34.0 Å². The third-order valence-corrected chi connectivity index (χ3v) is 3.60. The molecule has 2 aromatic rings. The molecule has 0 aliphatic carbocycles. The number of rotatable bonds is 4. The molecule has 0 fully saturated rings. The number of nitrogens with two attached hydrogens (primary N) is 1. The number of benzene rings is 1. The van der Waals surface area contributed by atoms with Crippen LogP contribution in [0.15, 0.2) is 41.0 Å². The molecule has 1 unspecified atom stereocenters. The van der Waals surface area contributed by atoms with Crippen molar-refractivity contribution in [3.63, 3.8) is 0 Å². The lowest BCUT2D eigenvalue weighted by molar-refractivity contribution is 0.178. The van der Waals surface area contributed by atoms with Gasteiger partial charge in [-0.15, -0.1) is 0 Å². The number of nitrogens with zero attached hydrogens (tertiary/aromatic N) is 1. The molecular formula is C15H17BrN2O. The van der Waals surface area contributed by atoms with Crippen molar-refractivity contribution in [2.24, 2.45) is 0 Å². The number of aliphatic hydroxyl groups excluding tert-OH is 1. The van der Waals surface area contributed by atoms with Crippen LogP contribution in [-0.2, 0) is 12.8 Å². The minimum absolute atomic E-state index is 0.463. The van der Waals surface area contributed by atoms with Gasteiger partial charge in [-0.25, -0.2) is 0 Å². The quantitative estimate of drug-likeness (QED) is 0.850. The number of hydrogen-bond donors (Lipinski definition) is 2. The summed E-state index contributed by atoms with van der Waals surface area (Å²) in [6.45, 7) is 2.09. The maximum atomic E-state index is 10.3. The summed E-state index contributed by atoms with van der Waals surface area (Å²) in [5.41, 5.74) is 9.28. The topological polar surface area (TPSA) is 59.1 Å². The molecule has 4 heteroatoms. The van der Waals surface area contributed by atoms with Crippen LogP contribution in [0.25, 0.3) is 0 Å². The van der Waals surface area contributed by atoms with Crippen LogP contribution in [0, 0.1) is 0 Å². The van der Waals surface area contributed by atoms with E-state index in [0.29, 0.717) is 12.1 Å². The molecule has 0 aliphatic heterocycles. The van der Waals surface area contributed by atoms with Gasteiger partial charge in [-0.1, -0.05) is 28.9 Å². The molecule has 1 aromatic carbocycles. The number of hydrogen-bond acceptors (Lipinski definition) is 3. The predicted molar refractivity (Wildman–Crippen MR) is 80.8 cm³/mol. The zero-order valence-electron chi connectivity index (χ0n) is 10.8. The van der Waals surface area contributed by atoms with E-state index in [-0.39, 0.29) is 0 Å². The third-order valence-electron chi connectivity index (χ3n) is 3.10. The first kappa shape index (κ1) is 14.0. The van der Waals surface area contributed by atoms with Gasteiger partial charge in [-0.2, -0.15) is 0 Å². The lowest BCUT2D eigenvalue weighted by Crippen LogP contribution is -2.06. The van der Waals surface area contributed by atoms with E-state index >= 15 is 0 Å². The van der Waals surface area contributed by atoms with Crippen molar-refractivity contribution in [2.45, 2.75) is 25.9 Å². The second-order valence-corrected chi connectivity index (χ2v) is 5.42. The van der Waals surface area contributed by atoms with Crippen LogP contribution in [-0.4, -0.2) is 10.1 Å². The maximum Gasteiger partial charge on any atom is 0.0865 e. The molecule has 0 radical (unpaired) electrons. The molecule has 0 aliphatic rings. The second-order valence-electron chi connectivity index (χ2n) is 4.50. The Morgan fingerprint density at radius 3 is 2.74 bits per heavy atom. The maximum absolute atomic E-state index is 10.3. The lowest BCUT2D eigenvalue weighted by atomic mass is 10.0. The molecule has 0 spiro atoms. The number of aliphatic hydroxyl groups is 1. The summed E-state index contributed by atoms with van der Waals surface area (Å²) < 4.78 is 0.907. The molecule has 3 nitrogen and oxygen atoms in total. The fraction of sp³-hybridized carbons (Fsp3) is 0.267. The second kappa shape index (κ2) is 6.17. The van der Waals surface area contributed by atoms with Crippen LogP contribution in [0.1, 0.15) is 29.8 Å². The molecule has 0 bridgehead atoms. The van der Waals surface area contributed by atoms with Crippen LogP contribution in [0.5, 0.6) is 0 Å². The van der Waals surface area contributed by atoms with Gasteiger partial charge in [-0.3, -0.25) is 4.98 Å². The van der Waals surface area contributed by atoms with Crippen molar-refractivity contribution in [3.8, 4) is 0 Å². The van der Waals surface area contributed by atoms with Crippen LogP contribution in [0.4, 0.5) is 5.69 Å². The predicted octanol–water partition coefficient (Wildman–Crippen LogP) is 3.26. The van der Waals surface area contributed by atoms with Gasteiger partial charge in [0.2, 0.25) is 0 Å². The van der Waals surface area contributed by atoms with Crippen LogP contribution >= 0.6 is 15.9 Å². The monoisotopic (exact) mass is 320 g/mol. The molecular weight excluding hydrogens is 304 g/mol. The van der Waals surface area contributed by atoms with Crippen molar-refractivity contribution in [1.29, 1.82) is 0 Å². The minimum atomic E-state index is -0.641. The van der Waals surface area contributed by atoms with E-state index in [2.05, 4.69) is 27.8 Å². The summed E-state index contributed by atoms with van der Waals surface area (Å²) in [5.74, 6) is 0. The van der Waals surface area contributed by atoms with E-state index in [4.69, 9.17) is 5.73 Å². The molecule has 2 rings (SSSR count). The molecule has 0 saturated carbocycles. The summed E-state index contributed by atoms with van der Waals surface area (Å²) in [4.78, 5) is 4.35. The van der Waals surface area contributed by atoms with Crippen LogP contribution < -0.4 is 5.73 Å². The third kappa shape index (κ3) is 3.55. The van der Waals surface area contributed by atoms with E-state index in [9.17, 15) is 5.11 Å². The summed E-state index contributed by atoms with van der Waals surface area (Å²) in [6.07, 6.45) is 2.64. The van der Waals surface area contributed by atoms with Crippen molar-refractivity contribution in [2.75, 3.05) is 5.73 Å². The molecule has 100 valence electrons. The van der Waals surface area contributed by atoms with Crippen molar-refractivity contribution in [1.82, 2.24) is 4.98 Å². The number of anilines is 1. The van der Waals surface area contributed by atoms with E-state index in [1.807, 2.05) is 30.5 Å². The largest absolute Gasteiger partial charge is 0.398 e. The van der Waals surface area contributed by atoms with Gasteiger partial charge < -0.3 is 10.8 Å². The fourth-order valence-electron chi connectivity index (χ4n) is 1.93. The smallest absolute Gasteiger partial charge is 0.0865 e. The van der Waals surface area contributed by atoms with Crippen molar-refractivity contribution >= 4 is 21.6 Å². The molecule has 1 atom stereocenters. The normalized spacial score (nSPS) is 12.4. The molecule has 3 N–H and O–H groups in total. The first-order valence-electron chi connectivity index (χ1n) is 6.27. The Kier molecular flexibility index (Phi) is 4.56. The zero-order chi connectivity index (χ0) is 13.8. The van der Waals surface area contributed by atoms with Crippen LogP contribution in [0.3, 0.4) is 0 Å². The lowest BCUT2D eigenvalue weighted by Gasteiger charge is -2.13. The number of halogens is 1. The van der Waals surface area contributed by atoms with Gasteiger partial charge in [0.1, 0.15) is 0 Å². The molecule has 0 saturated heterocycles. The van der Waals surface area contributed by atoms with E-state index in [1.54, 1.807) is 6.07 Å². The number of aryl methyl sites for hydroxylation is 1. The van der Waals surface area contributed by atoms with E-state index < -0.39 is 6.10 Å². The summed E-state index contributed by atoms with van der Waals surface area (Å²) in [7, 11) is 0. The summed E-state index contributed by atoms with van der Waals surface area (Å²) >= 11 is 3.39. The highest BCUT2D eigenvalue weighted by molar-refractivity contribution is 9.10. The van der Waals surface area contributed by atoms with Crippen molar-refractivity contribution in [3.05, 3.63) is 57.8 Å². The van der Waals surface area contributed by atoms with Crippen molar-refractivity contribution < 1.29 is 5.11 Å². The number of nitrogen functional groups attached to an aromatic ring is 1. The van der Waals surface area contributed by atoms with E-state index in [1.165, 1.54) is 5.56 Å². The van der Waals surface area contributed by atoms with Gasteiger partial charge in [0.05, 0.1) is 6.10 Å². The zero-order valence-corrected chi connectivity index (χ0v) is 12.4. The Balaban J connectivity index is 2.15. The molecule has 0 amide bonds. The average molecular weight is 321 g/mol. The summed E-state index contributed by atoms with van der Waals surface area (Å²) in [6, 6.07) is 9.49. The SMILES string of the molecule is CCc1ccc(CC(O)c2cc(Br)ccc2N)nc1. The van der Waals surface area contributed by atoms with Gasteiger partial charge in [-0.05, 0) is 36.2 Å². The standard InChI is InChI=1S/C15H17BrN2O/c1-2-10-3-5-12(18-9-10)8-15(19)13-7-11(16)4-6-14(13)17/h3-7,9,15,19H,2,8,17H2,1H3. The summed E-state index contributed by atoms with van der Waals surface area (Å²) in [5, 5.41) is 10.3. The van der Waals surface area contributed by atoms with Gasteiger partial charge in [0.25, 0.3) is 0 Å². The first-order valence-corrected chi connectivity index (χ1v) is 7.06. The Hall–Kier alpha value is -1.39. The fourth-order valence-corrected chi connectivity index (χ4v) is 2.31. The average Bonchev–Trinajstić information content (AvgIpc) is 2.42. The van der Waals surface area contributed by atoms with Gasteiger partial charge >= 0.3 is 0 Å². The highest BCUT2D eigenvalue weighted by Crippen LogP contribution is 2.26. The molecule has 19 heavy (non-hydrogen) atoms. The number of aromatic nitrogens is 1. The van der Waals surface area contributed by atoms with Gasteiger partial charge in [0.15, 0.2) is 0 Å². The Morgan fingerprint density at radius 1 is 1.32 bits per heavy atom.